The number of hydrogen-bond acceptors (Lipinski definition) is 3. The Morgan fingerprint density at radius 3 is 2.72 bits per heavy atom. The van der Waals surface area contributed by atoms with Crippen LogP contribution in [0, 0.1) is 6.92 Å². The molecule has 0 amide bonds. The fraction of sp³-hybridized carbons (Fsp3) is 0.455. The predicted molar refractivity (Wildman–Crippen MR) is 131 cm³/mol. The topological polar surface area (TPSA) is 67.7 Å². The number of aromatic nitrogens is 1. The van der Waals surface area contributed by atoms with Crippen LogP contribution in [0.1, 0.15) is 30.9 Å². The van der Waals surface area contributed by atoms with Gasteiger partial charge in [-0.3, -0.25) is 9.79 Å². The van der Waals surface area contributed by atoms with Crippen molar-refractivity contribution in [3.63, 3.8) is 0 Å². The van der Waals surface area contributed by atoms with Gasteiger partial charge in [0.15, 0.2) is 5.96 Å². The molecule has 0 bridgehead atoms. The van der Waals surface area contributed by atoms with Crippen molar-refractivity contribution in [3.05, 3.63) is 64.1 Å². The van der Waals surface area contributed by atoms with E-state index in [4.69, 9.17) is 4.74 Å². The van der Waals surface area contributed by atoms with E-state index in [1.807, 2.05) is 19.2 Å². The summed E-state index contributed by atoms with van der Waals surface area (Å²) in [6.07, 6.45) is 4.60. The minimum atomic E-state index is 0. The van der Waals surface area contributed by atoms with Crippen molar-refractivity contribution in [2.75, 3.05) is 26.7 Å². The molecule has 2 N–H and O–H groups in total. The summed E-state index contributed by atoms with van der Waals surface area (Å²) in [7, 11) is 1.70. The average molecular weight is 512 g/mol. The molecule has 0 aliphatic rings. The number of guanidine groups is 1. The largest absolute Gasteiger partial charge is 0.496 e. The molecule has 0 spiro atoms. The first-order valence-electron chi connectivity index (χ1n) is 9.95. The summed E-state index contributed by atoms with van der Waals surface area (Å²) in [5, 5.41) is 6.66. The molecule has 7 heteroatoms. The van der Waals surface area contributed by atoms with Gasteiger partial charge in [-0.15, -0.1) is 24.0 Å². The van der Waals surface area contributed by atoms with Crippen molar-refractivity contribution in [2.45, 2.75) is 39.7 Å². The van der Waals surface area contributed by atoms with Crippen LogP contribution in [-0.2, 0) is 13.0 Å². The van der Waals surface area contributed by atoms with E-state index in [1.54, 1.807) is 23.8 Å². The van der Waals surface area contributed by atoms with Gasteiger partial charge in [0.25, 0.3) is 0 Å². The Morgan fingerprint density at radius 1 is 1.17 bits per heavy atom. The van der Waals surface area contributed by atoms with Gasteiger partial charge in [0.1, 0.15) is 5.75 Å². The number of halogens is 1. The maximum Gasteiger partial charge on any atom is 0.250 e. The van der Waals surface area contributed by atoms with E-state index in [9.17, 15) is 4.79 Å². The minimum Gasteiger partial charge on any atom is -0.496 e. The Bertz CT molecular complexity index is 820. The number of aliphatic imine (C=N–C) groups is 1. The molecule has 29 heavy (non-hydrogen) atoms. The highest BCUT2D eigenvalue weighted by Gasteiger charge is 2.02. The lowest BCUT2D eigenvalue weighted by molar-refractivity contribution is 0.411. The molecule has 1 aromatic heterocycles. The molecule has 0 unspecified atom stereocenters. The molecular weight excluding hydrogens is 479 g/mol. The van der Waals surface area contributed by atoms with E-state index in [1.165, 1.54) is 5.56 Å². The smallest absolute Gasteiger partial charge is 0.250 e. The van der Waals surface area contributed by atoms with Crippen molar-refractivity contribution < 1.29 is 4.74 Å². The maximum absolute atomic E-state index is 11.7. The van der Waals surface area contributed by atoms with Crippen LogP contribution in [0.3, 0.4) is 0 Å². The van der Waals surface area contributed by atoms with E-state index in [0.717, 1.165) is 62.7 Å². The Morgan fingerprint density at radius 2 is 2.00 bits per heavy atom. The summed E-state index contributed by atoms with van der Waals surface area (Å²) in [5.74, 6) is 1.76. The number of nitrogens with zero attached hydrogens (tertiary/aromatic N) is 2. The summed E-state index contributed by atoms with van der Waals surface area (Å²) in [6, 6.07) is 11.6. The summed E-state index contributed by atoms with van der Waals surface area (Å²) in [6.45, 7) is 7.19. The molecule has 2 rings (SSSR count). The zero-order valence-electron chi connectivity index (χ0n) is 17.6. The number of unbranched alkanes of at least 4 members (excludes halogenated alkanes) is 1. The zero-order chi connectivity index (χ0) is 20.2. The van der Waals surface area contributed by atoms with E-state index < -0.39 is 0 Å². The van der Waals surface area contributed by atoms with Crippen LogP contribution in [0.5, 0.6) is 5.75 Å². The van der Waals surface area contributed by atoms with Gasteiger partial charge in [0.2, 0.25) is 5.56 Å². The summed E-state index contributed by atoms with van der Waals surface area (Å²) in [5.41, 5.74) is 2.43. The highest BCUT2D eigenvalue weighted by Crippen LogP contribution is 2.18. The molecule has 0 aliphatic carbocycles. The monoisotopic (exact) mass is 512 g/mol. The van der Waals surface area contributed by atoms with Gasteiger partial charge in [0.05, 0.1) is 7.11 Å². The molecule has 0 saturated heterocycles. The lowest BCUT2D eigenvalue weighted by Gasteiger charge is -2.12. The Kier molecular flexibility index (Phi) is 12.1. The van der Waals surface area contributed by atoms with Gasteiger partial charge >= 0.3 is 0 Å². The third-order valence-electron chi connectivity index (χ3n) is 4.50. The van der Waals surface area contributed by atoms with Gasteiger partial charge < -0.3 is 19.9 Å². The number of pyridine rings is 1. The number of methoxy groups -OCH3 is 1. The molecule has 0 atom stereocenters. The van der Waals surface area contributed by atoms with Crippen molar-refractivity contribution in [1.29, 1.82) is 0 Å². The van der Waals surface area contributed by atoms with Crippen LogP contribution in [0.15, 0.2) is 52.4 Å². The Hall–Kier alpha value is -2.03. The van der Waals surface area contributed by atoms with E-state index in [0.29, 0.717) is 0 Å². The molecule has 6 nitrogen and oxygen atoms in total. The van der Waals surface area contributed by atoms with E-state index >= 15 is 0 Å². The molecule has 0 fully saturated rings. The van der Waals surface area contributed by atoms with E-state index in [-0.39, 0.29) is 29.5 Å². The maximum atomic E-state index is 11.7. The minimum absolute atomic E-state index is 0. The number of nitrogens with one attached hydrogen (secondary N) is 2. The molecule has 1 aromatic carbocycles. The second kappa shape index (κ2) is 14.0. The van der Waals surface area contributed by atoms with Crippen LogP contribution < -0.4 is 20.9 Å². The number of benzene rings is 1. The summed E-state index contributed by atoms with van der Waals surface area (Å²) in [4.78, 5) is 16.3. The van der Waals surface area contributed by atoms with Gasteiger partial charge in [-0.05, 0) is 56.4 Å². The Labute approximate surface area is 190 Å². The number of ether oxygens (including phenoxy) is 1. The second-order valence-corrected chi connectivity index (χ2v) is 6.68. The number of aryl methyl sites for hydroxylation is 2. The second-order valence-electron chi connectivity index (χ2n) is 6.68. The molecule has 1 heterocycles. The molecule has 0 saturated carbocycles. The highest BCUT2D eigenvalue weighted by atomic mass is 127. The first-order valence-corrected chi connectivity index (χ1v) is 9.95. The fourth-order valence-electron chi connectivity index (χ4n) is 2.92. The van der Waals surface area contributed by atoms with Gasteiger partial charge in [0, 0.05) is 38.4 Å². The standard InChI is InChI=1S/C22H32N4O2.HI/c1-4-23-22(24-13-6-8-16-26-15-7-5-9-21(26)27)25-14-12-19-11-10-18(2)20(17-19)28-3;/h5,7,9-11,15,17H,4,6,8,12-14,16H2,1-3H3,(H2,23,24,25);1H. The quantitative estimate of drug-likeness (QED) is 0.222. The van der Waals surface area contributed by atoms with Crippen molar-refractivity contribution in [2.24, 2.45) is 4.99 Å². The average Bonchev–Trinajstić information content (AvgIpc) is 2.70. The van der Waals surface area contributed by atoms with Crippen molar-refractivity contribution in [1.82, 2.24) is 15.2 Å². The van der Waals surface area contributed by atoms with Crippen LogP contribution in [0.2, 0.25) is 0 Å². The Balaban J connectivity index is 0.00000420. The van der Waals surface area contributed by atoms with Crippen LogP contribution in [0.4, 0.5) is 0 Å². The zero-order valence-corrected chi connectivity index (χ0v) is 19.9. The van der Waals surface area contributed by atoms with Crippen LogP contribution >= 0.6 is 24.0 Å². The molecule has 0 aliphatic heterocycles. The lowest BCUT2D eigenvalue weighted by atomic mass is 10.1. The number of rotatable bonds is 10. The summed E-state index contributed by atoms with van der Waals surface area (Å²) >= 11 is 0. The SMILES string of the molecule is CCNC(=NCCCCn1ccccc1=O)NCCc1ccc(C)c(OC)c1.I. The fourth-order valence-corrected chi connectivity index (χ4v) is 2.92. The predicted octanol–water partition coefficient (Wildman–Crippen LogP) is 3.36. The first kappa shape index (κ1) is 25.0. The van der Waals surface area contributed by atoms with Gasteiger partial charge in [-0.2, -0.15) is 0 Å². The third kappa shape index (κ3) is 8.89. The van der Waals surface area contributed by atoms with Crippen LogP contribution in [-0.4, -0.2) is 37.3 Å². The van der Waals surface area contributed by atoms with Gasteiger partial charge in [-0.25, -0.2) is 0 Å². The van der Waals surface area contributed by atoms with Crippen LogP contribution in [0.25, 0.3) is 0 Å². The van der Waals surface area contributed by atoms with Gasteiger partial charge in [-0.1, -0.05) is 18.2 Å². The molecule has 2 aromatic rings. The van der Waals surface area contributed by atoms with E-state index in [2.05, 4.69) is 40.7 Å². The number of hydrogen-bond donors (Lipinski definition) is 2. The first-order chi connectivity index (χ1) is 13.6. The lowest BCUT2D eigenvalue weighted by Crippen LogP contribution is -2.38. The highest BCUT2D eigenvalue weighted by molar-refractivity contribution is 14.0. The molecular formula is C22H33IN4O2. The van der Waals surface area contributed by atoms with Crippen molar-refractivity contribution in [3.8, 4) is 5.75 Å². The normalized spacial score (nSPS) is 10.9. The summed E-state index contributed by atoms with van der Waals surface area (Å²) < 4.78 is 7.13. The molecule has 160 valence electrons. The molecule has 0 radical (unpaired) electrons. The van der Waals surface area contributed by atoms with Crippen molar-refractivity contribution >= 4 is 29.9 Å². The third-order valence-corrected chi connectivity index (χ3v) is 4.50.